The van der Waals surface area contributed by atoms with Gasteiger partial charge in [0.25, 0.3) is 5.91 Å². The molecule has 4 nitrogen and oxygen atoms in total. The molecule has 2 N–H and O–H groups in total. The maximum absolute atomic E-state index is 11.2. The Hall–Kier alpha value is -1.84. The van der Waals surface area contributed by atoms with Crippen molar-refractivity contribution in [3.05, 3.63) is 35.9 Å². The predicted molar refractivity (Wildman–Crippen MR) is 46.4 cm³/mol. The minimum Gasteiger partial charge on any atom is -0.480 e. The summed E-state index contributed by atoms with van der Waals surface area (Å²) in [6.07, 6.45) is 0. The van der Waals surface area contributed by atoms with Crippen molar-refractivity contribution in [2.75, 3.05) is 6.54 Å². The second kappa shape index (κ2) is 4.25. The van der Waals surface area contributed by atoms with E-state index in [9.17, 15) is 9.59 Å². The van der Waals surface area contributed by atoms with E-state index in [2.05, 4.69) is 5.32 Å². The molecule has 0 saturated carbocycles. The van der Waals surface area contributed by atoms with E-state index < -0.39 is 5.97 Å². The average Bonchev–Trinajstić information content (AvgIpc) is 2.15. The van der Waals surface area contributed by atoms with Crippen molar-refractivity contribution in [1.29, 1.82) is 0 Å². The molecular weight excluding hydrogens is 176 g/mol. The number of aliphatic carboxylic acids is 1. The number of rotatable bonds is 3. The van der Waals surface area contributed by atoms with Gasteiger partial charge in [-0.05, 0) is 12.1 Å². The van der Waals surface area contributed by atoms with Crippen molar-refractivity contribution in [1.82, 2.24) is 5.32 Å². The van der Waals surface area contributed by atoms with Crippen LogP contribution in [0.1, 0.15) is 10.4 Å². The lowest BCUT2D eigenvalue weighted by Gasteiger charge is -2.00. The molecule has 0 aliphatic rings. The van der Waals surface area contributed by atoms with E-state index >= 15 is 0 Å². The first-order valence-electron chi connectivity index (χ1n) is 3.75. The fourth-order valence-electron chi connectivity index (χ4n) is 0.847. The molecule has 0 aliphatic heterocycles. The molecule has 13 heavy (non-hydrogen) atoms. The van der Waals surface area contributed by atoms with Gasteiger partial charge in [0.05, 0.1) is 0 Å². The Morgan fingerprint density at radius 3 is 2.38 bits per heavy atom. The first-order chi connectivity index (χ1) is 6.20. The molecule has 0 saturated heterocycles. The molecule has 0 fully saturated rings. The lowest BCUT2D eigenvalue weighted by molar-refractivity contribution is -0.135. The van der Waals surface area contributed by atoms with Gasteiger partial charge in [0, 0.05) is 5.56 Å². The molecule has 0 radical (unpaired) electrons. The zero-order valence-corrected chi connectivity index (χ0v) is 6.86. The number of nitrogens with one attached hydrogen (secondary N) is 1. The average molecular weight is 185 g/mol. The molecule has 68 valence electrons. The number of carboxylic acids is 1. The van der Waals surface area contributed by atoms with Crippen LogP contribution in [-0.2, 0) is 4.79 Å². The monoisotopic (exact) mass is 185 g/mol. The zero-order chi connectivity index (χ0) is 9.68. The topological polar surface area (TPSA) is 66.4 Å². The van der Waals surface area contributed by atoms with Gasteiger partial charge >= 0.3 is 5.97 Å². The normalized spacial score (nSPS) is 9.23. The van der Waals surface area contributed by atoms with E-state index in [4.69, 9.17) is 5.11 Å². The summed E-state index contributed by atoms with van der Waals surface area (Å²) in [4.78, 5) is 21.3. The molecular formula is C9H9NO3. The fraction of sp³-hybridized carbons (Fsp3) is 0.111. The van der Waals surface area contributed by atoms with Crippen LogP contribution in [-0.4, -0.2) is 23.5 Å². The van der Waals surface area contributed by atoms with E-state index in [1.54, 1.807) is 30.3 Å². The second-order valence-corrected chi connectivity index (χ2v) is 2.44. The van der Waals surface area contributed by atoms with Crippen molar-refractivity contribution >= 4 is 11.9 Å². The third-order valence-electron chi connectivity index (χ3n) is 1.44. The second-order valence-electron chi connectivity index (χ2n) is 2.44. The van der Waals surface area contributed by atoms with E-state index in [0.717, 1.165) is 0 Å². The van der Waals surface area contributed by atoms with Gasteiger partial charge in [0.2, 0.25) is 0 Å². The van der Waals surface area contributed by atoms with Gasteiger partial charge in [-0.25, -0.2) is 0 Å². The molecule has 4 heteroatoms. The first kappa shape index (κ1) is 9.25. The van der Waals surface area contributed by atoms with Gasteiger partial charge in [-0.1, -0.05) is 18.2 Å². The van der Waals surface area contributed by atoms with Crippen LogP contribution in [0.25, 0.3) is 0 Å². The summed E-state index contributed by atoms with van der Waals surface area (Å²) < 4.78 is 0. The molecule has 1 rings (SSSR count). The van der Waals surface area contributed by atoms with Crippen LogP contribution in [0.15, 0.2) is 30.3 Å². The minimum atomic E-state index is -1.05. The Morgan fingerprint density at radius 2 is 1.85 bits per heavy atom. The van der Waals surface area contributed by atoms with Crippen molar-refractivity contribution in [2.45, 2.75) is 0 Å². The zero-order valence-electron chi connectivity index (χ0n) is 6.86. The summed E-state index contributed by atoms with van der Waals surface area (Å²) >= 11 is 0. The van der Waals surface area contributed by atoms with E-state index in [1.807, 2.05) is 0 Å². The summed E-state index contributed by atoms with van der Waals surface area (Å²) in [5.41, 5.74) is 0.462. The Balaban J connectivity index is 2.54. The molecule has 1 amide bonds. The smallest absolute Gasteiger partial charge is 0.322 e. The molecule has 0 aromatic heterocycles. The fourth-order valence-corrected chi connectivity index (χ4v) is 0.847. The predicted octanol–water partition coefficient (Wildman–Crippen LogP) is 0.501. The lowest BCUT2D eigenvalue weighted by atomic mass is 10.6. The molecule has 0 atom stereocenters. The van der Waals surface area contributed by atoms with E-state index in [0.29, 0.717) is 5.56 Å². The summed E-state index contributed by atoms with van der Waals surface area (Å²) in [5.74, 6) is -1.42. The quantitative estimate of drug-likeness (QED) is 0.674. The molecule has 0 heterocycles. The van der Waals surface area contributed by atoms with Crippen LogP contribution < -0.4 is 5.32 Å². The SMILES string of the molecule is O=[13C](O)[13CH2]N[13C](=O)[13c]1ccc[13cH][13cH]1. The summed E-state index contributed by atoms with van der Waals surface area (Å²) in [7, 11) is 0. The Labute approximate surface area is 75.2 Å². The first-order valence-corrected chi connectivity index (χ1v) is 3.75. The highest BCUT2D eigenvalue weighted by Gasteiger charge is 2.04. The largest absolute Gasteiger partial charge is 0.480 e. The van der Waals surface area contributed by atoms with Crippen LogP contribution in [0.5, 0.6) is 0 Å². The van der Waals surface area contributed by atoms with E-state index in [-0.39, 0.29) is 12.5 Å². The summed E-state index contributed by atoms with van der Waals surface area (Å²) in [5, 5.41) is 10.6. The van der Waals surface area contributed by atoms with Gasteiger partial charge in [-0.15, -0.1) is 0 Å². The highest BCUT2D eigenvalue weighted by atomic mass is 16.5. The summed E-state index contributed by atoms with van der Waals surface area (Å²) in [6, 6.07) is 8.47. The van der Waals surface area contributed by atoms with Gasteiger partial charge in [-0.2, -0.15) is 0 Å². The number of carbonyl (C=O) groups is 2. The summed E-state index contributed by atoms with van der Waals surface area (Å²) in [6.45, 7) is -0.353. The number of amides is 1. The van der Waals surface area contributed by atoms with Crippen molar-refractivity contribution in [3.63, 3.8) is 0 Å². The van der Waals surface area contributed by atoms with Crippen molar-refractivity contribution in [3.8, 4) is 0 Å². The lowest BCUT2D eigenvalue weighted by Crippen LogP contribution is -2.29. The molecule has 0 aliphatic carbocycles. The Kier molecular flexibility index (Phi) is 3.03. The van der Waals surface area contributed by atoms with Crippen molar-refractivity contribution in [2.24, 2.45) is 0 Å². The van der Waals surface area contributed by atoms with Crippen LogP contribution in [0.4, 0.5) is 0 Å². The van der Waals surface area contributed by atoms with Crippen LogP contribution in [0.3, 0.4) is 0 Å². The third-order valence-corrected chi connectivity index (χ3v) is 1.44. The Morgan fingerprint density at radius 1 is 1.23 bits per heavy atom. The Bertz CT molecular complexity index is 308. The molecule has 1 aromatic carbocycles. The minimum absolute atomic E-state index is 0.353. The highest BCUT2D eigenvalue weighted by Crippen LogP contribution is 1.96. The number of carbonyl (C=O) groups excluding carboxylic acids is 1. The number of benzene rings is 1. The van der Waals surface area contributed by atoms with Crippen LogP contribution in [0.2, 0.25) is 0 Å². The van der Waals surface area contributed by atoms with Gasteiger partial charge < -0.3 is 10.4 Å². The van der Waals surface area contributed by atoms with Gasteiger partial charge in [0.15, 0.2) is 0 Å². The molecule has 1 aromatic rings. The van der Waals surface area contributed by atoms with Crippen LogP contribution >= 0.6 is 0 Å². The van der Waals surface area contributed by atoms with Gasteiger partial charge in [0.1, 0.15) is 6.54 Å². The highest BCUT2D eigenvalue weighted by molar-refractivity contribution is 5.95. The molecule has 0 unspecified atom stereocenters. The van der Waals surface area contributed by atoms with E-state index in [1.165, 1.54) is 0 Å². The standard InChI is InChI=1S/C9H9NO3/c11-8(12)6-10-9(13)7-4-2-1-3-5-7/h1-5H,6H2,(H,10,13)(H,11,12)/i2+1,4+1,6+1,7+1,8+1,9+1. The molecule has 0 bridgehead atoms. The number of hydrogen-bond donors (Lipinski definition) is 2. The number of hydrogen-bond acceptors (Lipinski definition) is 2. The van der Waals surface area contributed by atoms with Gasteiger partial charge in [-0.3, -0.25) is 9.59 Å². The number of carboxylic acid groups (broad SMARTS) is 1. The van der Waals surface area contributed by atoms with Crippen molar-refractivity contribution < 1.29 is 14.7 Å². The maximum atomic E-state index is 11.2. The maximum Gasteiger partial charge on any atom is 0.322 e. The third kappa shape index (κ3) is 2.94. The molecule has 0 spiro atoms. The van der Waals surface area contributed by atoms with Crippen LogP contribution in [0, 0.1) is 0 Å².